The molecule has 90 valence electrons. The Kier molecular flexibility index (Phi) is 5.23. The highest BCUT2D eigenvalue weighted by molar-refractivity contribution is 6.31. The number of benzene rings is 1. The van der Waals surface area contributed by atoms with Gasteiger partial charge in [-0.3, -0.25) is 0 Å². The smallest absolute Gasteiger partial charge is 0.130 e. The molecule has 0 fully saturated rings. The van der Waals surface area contributed by atoms with E-state index in [0.717, 1.165) is 12.8 Å². The van der Waals surface area contributed by atoms with E-state index in [1.807, 2.05) is 0 Å². The van der Waals surface area contributed by atoms with Gasteiger partial charge in [0.15, 0.2) is 0 Å². The van der Waals surface area contributed by atoms with Crippen LogP contribution in [-0.2, 0) is 0 Å². The first-order valence-electron chi connectivity index (χ1n) is 5.68. The lowest BCUT2D eigenvalue weighted by atomic mass is 9.94. The number of rotatable bonds is 5. The summed E-state index contributed by atoms with van der Waals surface area (Å²) in [6.07, 6.45) is 1.84. The molecule has 3 heteroatoms. The van der Waals surface area contributed by atoms with Crippen LogP contribution in [0.4, 0.5) is 4.39 Å². The highest BCUT2D eigenvalue weighted by Gasteiger charge is 2.18. The van der Waals surface area contributed by atoms with Crippen molar-refractivity contribution in [2.24, 2.45) is 5.92 Å². The van der Waals surface area contributed by atoms with Gasteiger partial charge in [0, 0.05) is 10.6 Å². The number of aliphatic hydroxyl groups is 1. The minimum absolute atomic E-state index is 0.229. The fraction of sp³-hybridized carbons (Fsp3) is 0.538. The third kappa shape index (κ3) is 3.46. The van der Waals surface area contributed by atoms with Gasteiger partial charge in [0.1, 0.15) is 5.82 Å². The van der Waals surface area contributed by atoms with Crippen LogP contribution in [0.1, 0.15) is 44.8 Å². The summed E-state index contributed by atoms with van der Waals surface area (Å²) in [5.74, 6) is -0.0561. The van der Waals surface area contributed by atoms with Gasteiger partial charge in [-0.2, -0.15) is 0 Å². The monoisotopic (exact) mass is 244 g/mol. The number of aliphatic hydroxyl groups excluding tert-OH is 1. The highest BCUT2D eigenvalue weighted by atomic mass is 35.5. The van der Waals surface area contributed by atoms with Gasteiger partial charge in [-0.05, 0) is 24.5 Å². The molecule has 2 atom stereocenters. The maximum atomic E-state index is 13.5. The summed E-state index contributed by atoms with van der Waals surface area (Å²) in [5, 5.41) is 10.3. The predicted octanol–water partition coefficient (Wildman–Crippen LogP) is 4.34. The van der Waals surface area contributed by atoms with Gasteiger partial charge in [0.2, 0.25) is 0 Å². The lowest BCUT2D eigenvalue weighted by Gasteiger charge is -2.17. The normalized spacial score (nSPS) is 14.8. The lowest BCUT2D eigenvalue weighted by molar-refractivity contribution is 0.141. The van der Waals surface area contributed by atoms with Crippen LogP contribution in [0.5, 0.6) is 0 Å². The molecular weight excluding hydrogens is 227 g/mol. The molecule has 0 heterocycles. The van der Waals surface area contributed by atoms with Gasteiger partial charge in [0.05, 0.1) is 6.10 Å². The Morgan fingerprint density at radius 3 is 2.69 bits per heavy atom. The minimum Gasteiger partial charge on any atom is -0.388 e. The summed E-state index contributed by atoms with van der Waals surface area (Å²) in [6.45, 7) is 4.15. The Balaban J connectivity index is 2.76. The Morgan fingerprint density at radius 1 is 1.44 bits per heavy atom. The summed E-state index contributed by atoms with van der Waals surface area (Å²) in [7, 11) is 0. The Bertz CT molecular complexity index is 320. The van der Waals surface area contributed by atoms with Gasteiger partial charge < -0.3 is 5.11 Å². The summed E-state index contributed by atoms with van der Waals surface area (Å²) >= 11 is 5.88. The number of hydrogen-bond acceptors (Lipinski definition) is 1. The average molecular weight is 245 g/mol. The zero-order valence-electron chi connectivity index (χ0n) is 9.71. The first kappa shape index (κ1) is 13.5. The van der Waals surface area contributed by atoms with E-state index in [1.54, 1.807) is 12.1 Å². The SMILES string of the molecule is CCCC(C)CC(O)c1c(F)cccc1Cl. The maximum Gasteiger partial charge on any atom is 0.130 e. The molecule has 1 aromatic carbocycles. The largest absolute Gasteiger partial charge is 0.388 e. The van der Waals surface area contributed by atoms with Gasteiger partial charge in [0.25, 0.3) is 0 Å². The quantitative estimate of drug-likeness (QED) is 0.817. The molecule has 1 nitrogen and oxygen atoms in total. The third-order valence-electron chi connectivity index (χ3n) is 2.74. The molecule has 1 rings (SSSR count). The summed E-state index contributed by atoms with van der Waals surface area (Å²) in [4.78, 5) is 0. The van der Waals surface area contributed by atoms with Crippen LogP contribution in [0.15, 0.2) is 18.2 Å². The Hall–Kier alpha value is -0.600. The molecule has 0 bridgehead atoms. The molecule has 0 aliphatic rings. The Labute approximate surface area is 101 Å². The summed E-state index contributed by atoms with van der Waals surface area (Å²) < 4.78 is 13.5. The van der Waals surface area contributed by atoms with E-state index in [4.69, 9.17) is 11.6 Å². The molecule has 1 aromatic rings. The molecule has 0 aliphatic carbocycles. The Morgan fingerprint density at radius 2 is 2.12 bits per heavy atom. The van der Waals surface area contributed by atoms with Crippen molar-refractivity contribution in [2.45, 2.75) is 39.2 Å². The fourth-order valence-corrected chi connectivity index (χ4v) is 2.23. The van der Waals surface area contributed by atoms with Crippen molar-refractivity contribution in [3.8, 4) is 0 Å². The number of halogens is 2. The number of hydrogen-bond donors (Lipinski definition) is 1. The van der Waals surface area contributed by atoms with Crippen LogP contribution in [0.2, 0.25) is 5.02 Å². The molecule has 16 heavy (non-hydrogen) atoms. The molecule has 0 aromatic heterocycles. The van der Waals surface area contributed by atoms with Crippen molar-refractivity contribution in [3.63, 3.8) is 0 Å². The second kappa shape index (κ2) is 6.21. The first-order chi connectivity index (χ1) is 7.56. The van der Waals surface area contributed by atoms with Gasteiger partial charge in [-0.25, -0.2) is 4.39 Å². The van der Waals surface area contributed by atoms with Gasteiger partial charge in [-0.15, -0.1) is 0 Å². The zero-order valence-corrected chi connectivity index (χ0v) is 10.5. The van der Waals surface area contributed by atoms with Crippen LogP contribution < -0.4 is 0 Å². The highest BCUT2D eigenvalue weighted by Crippen LogP contribution is 2.30. The lowest BCUT2D eigenvalue weighted by Crippen LogP contribution is -2.07. The molecule has 0 spiro atoms. The van der Waals surface area contributed by atoms with Crippen LogP contribution in [0, 0.1) is 11.7 Å². The second-order valence-electron chi connectivity index (χ2n) is 4.28. The van der Waals surface area contributed by atoms with E-state index in [9.17, 15) is 9.50 Å². The van der Waals surface area contributed by atoms with E-state index in [0.29, 0.717) is 17.4 Å². The van der Waals surface area contributed by atoms with Crippen molar-refractivity contribution in [1.29, 1.82) is 0 Å². The molecule has 0 aliphatic heterocycles. The fourth-order valence-electron chi connectivity index (χ4n) is 1.94. The van der Waals surface area contributed by atoms with E-state index in [2.05, 4.69) is 13.8 Å². The molecular formula is C13H18ClFO. The molecule has 0 radical (unpaired) electrons. The third-order valence-corrected chi connectivity index (χ3v) is 3.07. The minimum atomic E-state index is -0.810. The van der Waals surface area contributed by atoms with Crippen LogP contribution >= 0.6 is 11.6 Å². The van der Waals surface area contributed by atoms with E-state index in [-0.39, 0.29) is 5.56 Å². The molecule has 0 saturated carbocycles. The van der Waals surface area contributed by atoms with Crippen LogP contribution in [-0.4, -0.2) is 5.11 Å². The van der Waals surface area contributed by atoms with Crippen LogP contribution in [0.25, 0.3) is 0 Å². The zero-order chi connectivity index (χ0) is 12.1. The van der Waals surface area contributed by atoms with Crippen molar-refractivity contribution in [2.75, 3.05) is 0 Å². The predicted molar refractivity (Wildman–Crippen MR) is 65.1 cm³/mol. The molecule has 1 N–H and O–H groups in total. The molecule has 0 amide bonds. The summed E-state index contributed by atoms with van der Waals surface area (Å²) in [6, 6.07) is 4.48. The topological polar surface area (TPSA) is 20.2 Å². The first-order valence-corrected chi connectivity index (χ1v) is 6.06. The van der Waals surface area contributed by atoms with Gasteiger partial charge in [-0.1, -0.05) is 44.4 Å². The summed E-state index contributed by atoms with van der Waals surface area (Å²) in [5.41, 5.74) is 0.229. The van der Waals surface area contributed by atoms with Crippen molar-refractivity contribution >= 4 is 11.6 Å². The van der Waals surface area contributed by atoms with Gasteiger partial charge >= 0.3 is 0 Å². The van der Waals surface area contributed by atoms with Crippen molar-refractivity contribution < 1.29 is 9.50 Å². The van der Waals surface area contributed by atoms with E-state index in [1.165, 1.54) is 6.07 Å². The molecule has 0 saturated heterocycles. The van der Waals surface area contributed by atoms with E-state index >= 15 is 0 Å². The van der Waals surface area contributed by atoms with E-state index < -0.39 is 11.9 Å². The maximum absolute atomic E-state index is 13.5. The van der Waals surface area contributed by atoms with Crippen LogP contribution in [0.3, 0.4) is 0 Å². The second-order valence-corrected chi connectivity index (χ2v) is 4.69. The average Bonchev–Trinajstić information content (AvgIpc) is 2.17. The van der Waals surface area contributed by atoms with Crippen molar-refractivity contribution in [1.82, 2.24) is 0 Å². The standard InChI is InChI=1S/C13H18ClFO/c1-3-5-9(2)8-12(16)13-10(14)6-4-7-11(13)15/h4,6-7,9,12,16H,3,5,8H2,1-2H3. The van der Waals surface area contributed by atoms with Crippen molar-refractivity contribution in [3.05, 3.63) is 34.6 Å². The molecule has 2 unspecified atom stereocenters.